The Morgan fingerprint density at radius 3 is 2.53 bits per heavy atom. The second kappa shape index (κ2) is 4.87. The molecule has 4 nitrogen and oxygen atoms in total. The van der Waals surface area contributed by atoms with Crippen LogP contribution in [0.3, 0.4) is 0 Å². The van der Waals surface area contributed by atoms with Crippen LogP contribution in [0.1, 0.15) is 19.3 Å². The van der Waals surface area contributed by atoms with E-state index in [-0.39, 0.29) is 4.90 Å². The summed E-state index contributed by atoms with van der Waals surface area (Å²) in [5.41, 5.74) is 0. The van der Waals surface area contributed by atoms with Crippen molar-refractivity contribution in [2.45, 2.75) is 24.2 Å². The molecule has 0 unspecified atom stereocenters. The smallest absolute Gasteiger partial charge is 0.283 e. The molecule has 1 heterocycles. The predicted molar refractivity (Wildman–Crippen MR) is 67.5 cm³/mol. The Balaban J connectivity index is 2.31. The first-order chi connectivity index (χ1) is 8.09. The quantitative estimate of drug-likeness (QED) is 0.807. The molecule has 0 radical (unpaired) electrons. The van der Waals surface area contributed by atoms with Gasteiger partial charge in [0.1, 0.15) is 5.84 Å². The average Bonchev–Trinajstić information content (AvgIpc) is 2.33. The molecular formula is C12H16N2O2S. The number of sulfonamides is 1. The van der Waals surface area contributed by atoms with E-state index >= 15 is 0 Å². The fraction of sp³-hybridized carbons (Fsp3) is 0.417. The maximum Gasteiger partial charge on any atom is 0.283 e. The van der Waals surface area contributed by atoms with Crippen LogP contribution in [-0.4, -0.2) is 32.7 Å². The first-order valence-corrected chi connectivity index (χ1v) is 7.13. The highest BCUT2D eigenvalue weighted by Gasteiger charge is 2.18. The molecule has 0 amide bonds. The fourth-order valence-electron chi connectivity index (χ4n) is 1.85. The molecule has 2 rings (SSSR count). The number of hydrogen-bond donors (Lipinski definition) is 0. The van der Waals surface area contributed by atoms with Crippen LogP contribution in [0.2, 0.25) is 0 Å². The summed E-state index contributed by atoms with van der Waals surface area (Å²) in [6, 6.07) is 8.35. The van der Waals surface area contributed by atoms with Crippen LogP contribution in [0.15, 0.2) is 39.6 Å². The number of benzene rings is 1. The third-order valence-corrected chi connectivity index (χ3v) is 4.17. The summed E-state index contributed by atoms with van der Waals surface area (Å²) in [6.07, 6.45) is 2.84. The van der Waals surface area contributed by atoms with Crippen molar-refractivity contribution in [1.82, 2.24) is 4.90 Å². The Kier molecular flexibility index (Phi) is 3.47. The number of rotatable bonds is 2. The number of amidine groups is 1. The molecule has 0 bridgehead atoms. The minimum atomic E-state index is -3.55. The molecule has 0 atom stereocenters. The van der Waals surface area contributed by atoms with Gasteiger partial charge in [0.2, 0.25) is 0 Å². The normalized spacial score (nSPS) is 19.6. The lowest BCUT2D eigenvalue weighted by atomic mass is 10.1. The summed E-state index contributed by atoms with van der Waals surface area (Å²) in [5.74, 6) is 0.667. The van der Waals surface area contributed by atoms with Gasteiger partial charge in [-0.2, -0.15) is 8.42 Å². The monoisotopic (exact) mass is 252 g/mol. The summed E-state index contributed by atoms with van der Waals surface area (Å²) in [7, 11) is -1.66. The van der Waals surface area contributed by atoms with Gasteiger partial charge in [-0.3, -0.25) is 0 Å². The predicted octanol–water partition coefficient (Wildman–Crippen LogP) is 1.89. The second-order valence-corrected chi connectivity index (χ2v) is 5.78. The zero-order valence-electron chi connectivity index (χ0n) is 9.83. The highest BCUT2D eigenvalue weighted by molar-refractivity contribution is 7.90. The molecule has 0 aliphatic carbocycles. The Hall–Kier alpha value is -1.36. The Morgan fingerprint density at radius 2 is 1.88 bits per heavy atom. The van der Waals surface area contributed by atoms with Gasteiger partial charge >= 0.3 is 0 Å². The number of likely N-dealkylation sites (tertiary alicyclic amines) is 1. The van der Waals surface area contributed by atoms with Crippen molar-refractivity contribution in [2.24, 2.45) is 4.40 Å². The lowest BCUT2D eigenvalue weighted by Gasteiger charge is -2.25. The summed E-state index contributed by atoms with van der Waals surface area (Å²) < 4.78 is 28.0. The van der Waals surface area contributed by atoms with Crippen LogP contribution in [0, 0.1) is 0 Å². The fourth-order valence-corrected chi connectivity index (χ4v) is 2.97. The second-order valence-electron chi connectivity index (χ2n) is 4.17. The minimum absolute atomic E-state index is 0.256. The lowest BCUT2D eigenvalue weighted by Crippen LogP contribution is -2.32. The van der Waals surface area contributed by atoms with Crippen LogP contribution in [0.4, 0.5) is 0 Å². The van der Waals surface area contributed by atoms with Crippen molar-refractivity contribution < 1.29 is 8.42 Å². The van der Waals surface area contributed by atoms with E-state index in [1.54, 1.807) is 30.3 Å². The molecule has 1 aliphatic heterocycles. The molecule has 5 heteroatoms. The summed E-state index contributed by atoms with van der Waals surface area (Å²) in [5, 5.41) is 0. The van der Waals surface area contributed by atoms with E-state index in [9.17, 15) is 8.42 Å². The minimum Gasteiger partial charge on any atom is -0.362 e. The highest BCUT2D eigenvalue weighted by Crippen LogP contribution is 2.16. The molecule has 0 N–H and O–H groups in total. The maximum absolute atomic E-state index is 12.0. The Labute approximate surface area is 102 Å². The molecule has 1 aromatic carbocycles. The summed E-state index contributed by atoms with van der Waals surface area (Å²) in [6.45, 7) is 0.878. The van der Waals surface area contributed by atoms with Crippen molar-refractivity contribution >= 4 is 15.9 Å². The molecule has 0 spiro atoms. The highest BCUT2D eigenvalue weighted by atomic mass is 32.2. The van der Waals surface area contributed by atoms with Crippen LogP contribution < -0.4 is 0 Å². The SMILES string of the molecule is CN1CCCCC1=NS(=O)(=O)c1ccccc1. The van der Waals surface area contributed by atoms with Crippen LogP contribution >= 0.6 is 0 Å². The molecule has 17 heavy (non-hydrogen) atoms. The van der Waals surface area contributed by atoms with E-state index in [0.717, 1.165) is 25.8 Å². The zero-order valence-corrected chi connectivity index (χ0v) is 10.7. The van der Waals surface area contributed by atoms with Crippen molar-refractivity contribution in [3.63, 3.8) is 0 Å². The third kappa shape index (κ3) is 2.85. The standard InChI is InChI=1S/C12H16N2O2S/c1-14-10-6-5-9-12(14)13-17(15,16)11-7-3-2-4-8-11/h2-4,7-8H,5-6,9-10H2,1H3. The van der Waals surface area contributed by atoms with E-state index < -0.39 is 10.0 Å². The van der Waals surface area contributed by atoms with E-state index in [2.05, 4.69) is 4.40 Å². The molecular weight excluding hydrogens is 236 g/mol. The van der Waals surface area contributed by atoms with Crippen LogP contribution in [0.5, 0.6) is 0 Å². The van der Waals surface area contributed by atoms with Gasteiger partial charge in [0.25, 0.3) is 10.0 Å². The van der Waals surface area contributed by atoms with E-state index in [1.165, 1.54) is 0 Å². The molecule has 1 aliphatic rings. The van der Waals surface area contributed by atoms with Crippen LogP contribution in [-0.2, 0) is 10.0 Å². The summed E-state index contributed by atoms with van der Waals surface area (Å²) in [4.78, 5) is 2.18. The van der Waals surface area contributed by atoms with Gasteiger partial charge < -0.3 is 4.90 Å². The van der Waals surface area contributed by atoms with Crippen molar-refractivity contribution in [3.8, 4) is 0 Å². The Bertz CT molecular complexity index is 509. The van der Waals surface area contributed by atoms with E-state index in [0.29, 0.717) is 5.84 Å². The van der Waals surface area contributed by atoms with Gasteiger partial charge in [-0.1, -0.05) is 18.2 Å². The molecule has 0 saturated carbocycles. The molecule has 1 aromatic rings. The first-order valence-electron chi connectivity index (χ1n) is 5.69. The van der Waals surface area contributed by atoms with Crippen molar-refractivity contribution in [1.29, 1.82) is 0 Å². The van der Waals surface area contributed by atoms with Gasteiger partial charge in [-0.05, 0) is 25.0 Å². The average molecular weight is 252 g/mol. The third-order valence-electron chi connectivity index (χ3n) is 2.85. The van der Waals surface area contributed by atoms with E-state index in [1.807, 2.05) is 11.9 Å². The maximum atomic E-state index is 12.0. The van der Waals surface area contributed by atoms with Crippen molar-refractivity contribution in [2.75, 3.05) is 13.6 Å². The molecule has 92 valence electrons. The van der Waals surface area contributed by atoms with Crippen molar-refractivity contribution in [3.05, 3.63) is 30.3 Å². The van der Waals surface area contributed by atoms with Gasteiger partial charge in [-0.15, -0.1) is 4.40 Å². The van der Waals surface area contributed by atoms with E-state index in [4.69, 9.17) is 0 Å². The van der Waals surface area contributed by atoms with Crippen LogP contribution in [0.25, 0.3) is 0 Å². The topological polar surface area (TPSA) is 49.7 Å². The number of piperidine rings is 1. The molecule has 1 saturated heterocycles. The van der Waals surface area contributed by atoms with Gasteiger partial charge in [0.15, 0.2) is 0 Å². The van der Waals surface area contributed by atoms with Gasteiger partial charge in [-0.25, -0.2) is 0 Å². The molecule has 1 fully saturated rings. The molecule has 0 aromatic heterocycles. The first kappa shape index (κ1) is 12.1. The largest absolute Gasteiger partial charge is 0.362 e. The lowest BCUT2D eigenvalue weighted by molar-refractivity contribution is 0.434. The van der Waals surface area contributed by atoms with Gasteiger partial charge in [0.05, 0.1) is 4.90 Å². The number of hydrogen-bond acceptors (Lipinski definition) is 2. The zero-order chi connectivity index (χ0) is 12.3. The summed E-state index contributed by atoms with van der Waals surface area (Å²) >= 11 is 0. The van der Waals surface area contributed by atoms with Gasteiger partial charge in [0, 0.05) is 20.0 Å². The Morgan fingerprint density at radius 1 is 1.18 bits per heavy atom. The number of nitrogens with zero attached hydrogens (tertiary/aromatic N) is 2.